The molecule has 4 aromatic carbocycles. The fourth-order valence-electron chi connectivity index (χ4n) is 14.9. The third-order valence-corrected chi connectivity index (χ3v) is 28.7. The van der Waals surface area contributed by atoms with Crippen LogP contribution >= 0.6 is 0 Å². The monoisotopic (exact) mass is 1280 g/mol. The summed E-state index contributed by atoms with van der Waals surface area (Å²) >= 11 is 0. The first-order chi connectivity index (χ1) is 42.7. The molecule has 0 fully saturated rings. The van der Waals surface area contributed by atoms with Crippen molar-refractivity contribution in [3.05, 3.63) is 117 Å². The maximum atomic E-state index is 9.20. The van der Waals surface area contributed by atoms with Gasteiger partial charge in [0.1, 0.15) is 0 Å². The Labute approximate surface area is 571 Å². The molecule has 0 unspecified atom stereocenters. The minimum atomic E-state index is -2.64. The highest BCUT2D eigenvalue weighted by Crippen LogP contribution is 2.41. The minimum absolute atomic E-state index is 0.0106. The zero-order valence-electron chi connectivity index (χ0n) is 65.1. The third-order valence-electron chi connectivity index (χ3n) is 22.8. The van der Waals surface area contributed by atoms with Crippen molar-refractivity contribution < 1.29 is 4.12 Å². The van der Waals surface area contributed by atoms with E-state index in [9.17, 15) is 4.12 Å². The van der Waals surface area contributed by atoms with Crippen molar-refractivity contribution in [2.45, 2.75) is 415 Å². The maximum absolute atomic E-state index is 9.20. The van der Waals surface area contributed by atoms with Crippen molar-refractivity contribution in [3.63, 3.8) is 0 Å². The van der Waals surface area contributed by atoms with Crippen LogP contribution in [0.2, 0.25) is 0 Å². The molecule has 0 amide bonds. The first kappa shape index (κ1) is 80.7. The highest BCUT2D eigenvalue weighted by atomic mass is 28.4. The van der Waals surface area contributed by atoms with Gasteiger partial charge in [0.05, 0.1) is 0 Å². The molecule has 0 saturated heterocycles. The van der Waals surface area contributed by atoms with Gasteiger partial charge in [0.25, 0.3) is 0 Å². The average Bonchev–Trinajstić information content (AvgIpc) is 0.846. The Morgan fingerprint density at radius 2 is 0.319 bits per heavy atom. The van der Waals surface area contributed by atoms with Gasteiger partial charge in [-0.15, -0.1) is 0 Å². The Kier molecular flexibility index (Phi) is 32.9. The molecule has 0 aliphatic rings. The average molecular weight is 1280 g/mol. The highest BCUT2D eigenvalue weighted by Gasteiger charge is 2.38. The van der Waals surface area contributed by atoms with Gasteiger partial charge in [-0.2, -0.15) is 0 Å². The molecule has 0 atom stereocenters. The predicted octanol–water partition coefficient (Wildman–Crippen LogP) is 24.9. The van der Waals surface area contributed by atoms with Crippen LogP contribution in [0.3, 0.4) is 0 Å². The molecule has 516 valence electrons. The first-order valence-corrected chi connectivity index (χ1v) is 42.3. The van der Waals surface area contributed by atoms with Crippen molar-refractivity contribution >= 4 is 38.8 Å². The van der Waals surface area contributed by atoms with Crippen LogP contribution < -0.4 is 20.7 Å². The number of hydrogen-bond acceptors (Lipinski definition) is 1. The Balaban J connectivity index is 2.47. The Bertz CT molecular complexity index is 2190. The summed E-state index contributed by atoms with van der Waals surface area (Å²) < 4.78 is 9.20. The lowest BCUT2D eigenvalue weighted by Gasteiger charge is -2.36. The number of hydrogen-bond donors (Lipinski definition) is 0. The third kappa shape index (κ3) is 24.4. The van der Waals surface area contributed by atoms with Crippen LogP contribution in [-0.2, 0) is 47.4 Å². The van der Waals surface area contributed by atoms with Crippen LogP contribution in [0.1, 0.15) is 416 Å². The summed E-state index contributed by atoms with van der Waals surface area (Å²) in [5.74, 6) is 0. The van der Waals surface area contributed by atoms with Crippen molar-refractivity contribution in [3.8, 4) is 0 Å². The zero-order valence-corrected chi connectivity index (χ0v) is 67.4. The molecule has 0 aliphatic heterocycles. The number of benzene rings is 4. The number of rotatable bonds is 46. The summed E-state index contributed by atoms with van der Waals surface area (Å²) in [5.41, 5.74) is 12.3. The van der Waals surface area contributed by atoms with Crippen LogP contribution in [0.5, 0.6) is 0 Å². The molecule has 4 rings (SSSR count). The highest BCUT2D eigenvalue weighted by molar-refractivity contribution is 6.92. The molecule has 0 spiro atoms. The normalized spacial score (nSPS) is 13.4. The molecule has 3 heteroatoms. The van der Waals surface area contributed by atoms with E-state index in [4.69, 9.17) is 0 Å². The van der Waals surface area contributed by atoms with E-state index in [1.807, 2.05) is 0 Å². The van der Waals surface area contributed by atoms with Crippen molar-refractivity contribution in [2.75, 3.05) is 0 Å². The molecule has 0 saturated carbocycles. The summed E-state index contributed by atoms with van der Waals surface area (Å²) in [7, 11) is -5.28. The van der Waals surface area contributed by atoms with Gasteiger partial charge in [0.15, 0.2) is 0 Å². The molecule has 0 heterocycles. The van der Waals surface area contributed by atoms with E-state index in [-0.39, 0.29) is 43.3 Å². The van der Waals surface area contributed by atoms with Crippen LogP contribution in [-0.4, -0.2) is 18.1 Å². The largest absolute Gasteiger partial charge is 0.446 e. The van der Waals surface area contributed by atoms with Gasteiger partial charge in [0.2, 0.25) is 18.1 Å². The molecule has 0 aliphatic carbocycles. The lowest BCUT2D eigenvalue weighted by molar-refractivity contribution is 0.437. The maximum Gasteiger partial charge on any atom is 0.228 e. The topological polar surface area (TPSA) is 9.23 Å². The smallest absolute Gasteiger partial charge is 0.228 e. The molecule has 0 aromatic heterocycles. The lowest BCUT2D eigenvalue weighted by atomic mass is 9.75. The molecule has 0 N–H and O–H groups in total. The summed E-state index contributed by atoms with van der Waals surface area (Å²) in [6.45, 7) is 60.2. The second-order valence-electron chi connectivity index (χ2n) is 35.0. The van der Waals surface area contributed by atoms with E-state index >= 15 is 0 Å². The summed E-state index contributed by atoms with van der Waals surface area (Å²) in [6, 6.07) is 32.9. The molecule has 0 bridgehead atoms. The Hall–Kier alpha value is -2.73. The standard InChI is InChI=1S/C88H150OSi2/c1-25-33-41-49-81(9,10)69-57-70(82(11,12)50-42-34-26-2)62-77(61-69)90(78-63-71(83(13,14)51-43-35-27-3)58-72(64-78)84(15,16)52-44-36-28-4)89-91(79-65-73(85(17,18)53-45-37-29-5)59-74(66-79)86(19,20)54-46-38-30-6)80-67-75(87(21,22)55-47-39-31-7)60-76(68-80)88(23,24)56-48-40-32-8/h57-68,90-91H,25-56H2,1-24H3. The fraction of sp³-hybridized carbons (Fsp3) is 0.727. The molecular weight excluding hydrogens is 1130 g/mol. The van der Waals surface area contributed by atoms with E-state index in [2.05, 4.69) is 239 Å². The van der Waals surface area contributed by atoms with Gasteiger partial charge in [0, 0.05) is 0 Å². The van der Waals surface area contributed by atoms with Gasteiger partial charge in [-0.25, -0.2) is 0 Å². The molecule has 0 radical (unpaired) electrons. The van der Waals surface area contributed by atoms with Crippen LogP contribution in [0.4, 0.5) is 0 Å². The Morgan fingerprint density at radius 1 is 0.198 bits per heavy atom. The van der Waals surface area contributed by atoms with Crippen LogP contribution in [0, 0.1) is 0 Å². The van der Waals surface area contributed by atoms with E-state index < -0.39 is 18.1 Å². The zero-order chi connectivity index (χ0) is 67.9. The van der Waals surface area contributed by atoms with Gasteiger partial charge in [-0.3, -0.25) is 0 Å². The quantitative estimate of drug-likeness (QED) is 0.0316. The molecular formula is C88H150OSi2. The van der Waals surface area contributed by atoms with Gasteiger partial charge in [-0.05, 0) is 160 Å². The SMILES string of the molecule is CCCCCC(C)(C)c1cc([SiH](O[SiH](c2cc(C(C)(C)CCCCC)cc(C(C)(C)CCCCC)c2)c2cc(C(C)(C)CCCCC)cc(C(C)(C)CCCCC)c2)c2cc(C(C)(C)CCCCC)cc(C(C)(C)CCCCC)c2)cc(C(C)(C)CCCCC)c1. The van der Waals surface area contributed by atoms with E-state index in [1.165, 1.54) is 271 Å². The van der Waals surface area contributed by atoms with E-state index in [1.54, 1.807) is 0 Å². The van der Waals surface area contributed by atoms with Crippen molar-refractivity contribution in [1.82, 2.24) is 0 Å². The van der Waals surface area contributed by atoms with Crippen molar-refractivity contribution in [2.24, 2.45) is 0 Å². The second kappa shape index (κ2) is 37.1. The summed E-state index contributed by atoms with van der Waals surface area (Å²) in [4.78, 5) is 0. The molecule has 91 heavy (non-hydrogen) atoms. The lowest BCUT2D eigenvalue weighted by Crippen LogP contribution is -2.57. The van der Waals surface area contributed by atoms with Gasteiger partial charge >= 0.3 is 0 Å². The van der Waals surface area contributed by atoms with Crippen LogP contribution in [0.15, 0.2) is 72.8 Å². The van der Waals surface area contributed by atoms with Crippen LogP contribution in [0.25, 0.3) is 0 Å². The fourth-order valence-corrected chi connectivity index (χ4v) is 21.9. The summed E-state index contributed by atoms with van der Waals surface area (Å²) in [6.07, 6.45) is 39.8. The van der Waals surface area contributed by atoms with Gasteiger partial charge in [-0.1, -0.05) is 393 Å². The number of unbranched alkanes of at least 4 members (excludes halogenated alkanes) is 16. The second-order valence-corrected chi connectivity index (χ2v) is 40.3. The van der Waals surface area contributed by atoms with E-state index in [0.29, 0.717) is 0 Å². The van der Waals surface area contributed by atoms with E-state index in [0.717, 1.165) is 0 Å². The van der Waals surface area contributed by atoms with Gasteiger partial charge < -0.3 is 4.12 Å². The molecule has 4 aromatic rings. The molecule has 1 nitrogen and oxygen atoms in total. The predicted molar refractivity (Wildman–Crippen MR) is 417 cm³/mol. The Morgan fingerprint density at radius 3 is 0.429 bits per heavy atom. The minimum Gasteiger partial charge on any atom is -0.446 e. The first-order valence-electron chi connectivity index (χ1n) is 39.0. The summed E-state index contributed by atoms with van der Waals surface area (Å²) in [5, 5.41) is 6.00. The van der Waals surface area contributed by atoms with Crippen molar-refractivity contribution in [1.29, 1.82) is 0 Å².